The maximum atomic E-state index is 12.3. The number of nitrogens with zero attached hydrogens (tertiary/aromatic N) is 2. The molecule has 3 aromatic rings. The summed E-state index contributed by atoms with van der Waals surface area (Å²) in [4.78, 5) is 20.7. The van der Waals surface area contributed by atoms with Crippen LogP contribution in [0, 0.1) is 0 Å². The lowest BCUT2D eigenvalue weighted by atomic mass is 10.1. The highest BCUT2D eigenvalue weighted by Gasteiger charge is 2.10. The summed E-state index contributed by atoms with van der Waals surface area (Å²) in [6.07, 6.45) is 3.25. The molecule has 6 heteroatoms. The van der Waals surface area contributed by atoms with Crippen LogP contribution in [-0.4, -0.2) is 23.0 Å². The van der Waals surface area contributed by atoms with Crippen molar-refractivity contribution in [2.24, 2.45) is 0 Å². The van der Waals surface area contributed by atoms with Gasteiger partial charge in [-0.25, -0.2) is 0 Å². The molecule has 0 spiro atoms. The Kier molecular flexibility index (Phi) is 5.26. The number of hydrogen-bond donors (Lipinski definition) is 1. The van der Waals surface area contributed by atoms with Gasteiger partial charge in [0.25, 0.3) is 5.91 Å². The Morgan fingerprint density at radius 2 is 1.96 bits per heavy atom. The van der Waals surface area contributed by atoms with E-state index in [-0.39, 0.29) is 5.91 Å². The van der Waals surface area contributed by atoms with E-state index < -0.39 is 0 Å². The van der Waals surface area contributed by atoms with Crippen LogP contribution in [0.4, 0.5) is 0 Å². The smallest absolute Gasteiger partial charge is 0.270 e. The van der Waals surface area contributed by atoms with Crippen molar-refractivity contribution in [1.82, 2.24) is 15.3 Å². The number of para-hydroxylation sites is 1. The first-order valence-corrected chi connectivity index (χ1v) is 8.04. The fourth-order valence-electron chi connectivity index (χ4n) is 2.38. The molecule has 0 aliphatic heterocycles. The average Bonchev–Trinajstić information content (AvgIpc) is 2.67. The Morgan fingerprint density at radius 3 is 2.68 bits per heavy atom. The van der Waals surface area contributed by atoms with Crippen molar-refractivity contribution >= 4 is 17.5 Å². The lowest BCUT2D eigenvalue weighted by Gasteiger charge is -2.09. The predicted octanol–water partition coefficient (Wildman–Crippen LogP) is 3.74. The van der Waals surface area contributed by atoms with E-state index >= 15 is 0 Å². The Balaban J connectivity index is 1.70. The second kappa shape index (κ2) is 7.77. The molecule has 0 aliphatic rings. The zero-order valence-corrected chi connectivity index (χ0v) is 14.3. The van der Waals surface area contributed by atoms with Gasteiger partial charge in [0.1, 0.15) is 11.4 Å². The topological polar surface area (TPSA) is 64.1 Å². The molecule has 0 saturated carbocycles. The van der Waals surface area contributed by atoms with Gasteiger partial charge in [0.15, 0.2) is 0 Å². The van der Waals surface area contributed by atoms with Gasteiger partial charge in [-0.3, -0.25) is 14.8 Å². The fourth-order valence-corrected chi connectivity index (χ4v) is 2.61. The lowest BCUT2D eigenvalue weighted by Crippen LogP contribution is -2.24. The lowest BCUT2D eigenvalue weighted by molar-refractivity contribution is 0.0945. The second-order valence-electron chi connectivity index (χ2n) is 5.26. The quantitative estimate of drug-likeness (QED) is 0.759. The summed E-state index contributed by atoms with van der Waals surface area (Å²) >= 11 is 6.13. The van der Waals surface area contributed by atoms with E-state index in [9.17, 15) is 4.79 Å². The Hall–Kier alpha value is -2.92. The fraction of sp³-hybridized carbons (Fsp3) is 0.105. The number of pyridine rings is 2. The molecule has 0 saturated heterocycles. The maximum absolute atomic E-state index is 12.3. The molecule has 0 aliphatic carbocycles. The van der Waals surface area contributed by atoms with Crippen LogP contribution in [-0.2, 0) is 6.54 Å². The van der Waals surface area contributed by atoms with Gasteiger partial charge < -0.3 is 10.1 Å². The molecule has 0 fully saturated rings. The molecule has 3 rings (SSSR count). The molecule has 0 radical (unpaired) electrons. The van der Waals surface area contributed by atoms with Gasteiger partial charge in [0, 0.05) is 30.1 Å². The molecular weight excluding hydrogens is 338 g/mol. The van der Waals surface area contributed by atoms with Crippen molar-refractivity contribution in [2.75, 3.05) is 7.11 Å². The Labute approximate surface area is 150 Å². The highest BCUT2D eigenvalue weighted by atomic mass is 35.5. The highest BCUT2D eigenvalue weighted by molar-refractivity contribution is 6.33. The number of carbonyl (C=O) groups is 1. The summed E-state index contributed by atoms with van der Waals surface area (Å²) in [5.41, 5.74) is 2.62. The standard InChI is InChI=1S/C19H16ClN3O2/c1-25-17-7-3-2-5-13(17)11-23-19(24)16-9-8-14(12-22-16)18-15(20)6-4-10-21-18/h2-10,12H,11H2,1H3,(H,23,24). The first-order chi connectivity index (χ1) is 12.2. The maximum Gasteiger partial charge on any atom is 0.270 e. The van der Waals surface area contributed by atoms with Crippen LogP contribution in [0.5, 0.6) is 5.75 Å². The molecule has 1 N–H and O–H groups in total. The summed E-state index contributed by atoms with van der Waals surface area (Å²) < 4.78 is 5.27. The average molecular weight is 354 g/mol. The number of aromatic nitrogens is 2. The summed E-state index contributed by atoms with van der Waals surface area (Å²) in [5.74, 6) is 0.473. The van der Waals surface area contributed by atoms with Gasteiger partial charge in [-0.05, 0) is 30.3 Å². The number of nitrogens with one attached hydrogen (secondary N) is 1. The minimum Gasteiger partial charge on any atom is -0.496 e. The SMILES string of the molecule is COc1ccccc1CNC(=O)c1ccc(-c2ncccc2Cl)cn1. The van der Waals surface area contributed by atoms with E-state index in [0.717, 1.165) is 16.9 Å². The third-order valence-electron chi connectivity index (χ3n) is 3.66. The third-order valence-corrected chi connectivity index (χ3v) is 3.96. The number of carbonyl (C=O) groups excluding carboxylic acids is 1. The minimum absolute atomic E-state index is 0.260. The summed E-state index contributed by atoms with van der Waals surface area (Å²) in [5, 5.41) is 3.38. The number of rotatable bonds is 5. The zero-order valence-electron chi connectivity index (χ0n) is 13.6. The number of ether oxygens (including phenoxy) is 1. The van der Waals surface area contributed by atoms with Crippen molar-refractivity contribution in [3.63, 3.8) is 0 Å². The zero-order chi connectivity index (χ0) is 17.6. The van der Waals surface area contributed by atoms with Crippen LogP contribution >= 0.6 is 11.6 Å². The molecule has 2 heterocycles. The normalized spacial score (nSPS) is 10.3. The van der Waals surface area contributed by atoms with Crippen molar-refractivity contribution in [3.05, 3.63) is 77.2 Å². The van der Waals surface area contributed by atoms with E-state index in [1.807, 2.05) is 24.3 Å². The molecule has 2 aromatic heterocycles. The molecular formula is C19H16ClN3O2. The van der Waals surface area contributed by atoms with Crippen LogP contribution in [0.1, 0.15) is 16.1 Å². The van der Waals surface area contributed by atoms with Crippen LogP contribution in [0.15, 0.2) is 60.9 Å². The largest absolute Gasteiger partial charge is 0.496 e. The first kappa shape index (κ1) is 16.9. The van der Waals surface area contributed by atoms with E-state index in [2.05, 4.69) is 15.3 Å². The molecule has 126 valence electrons. The monoisotopic (exact) mass is 353 g/mol. The summed E-state index contributed by atoms with van der Waals surface area (Å²) in [6.45, 7) is 0.359. The molecule has 5 nitrogen and oxygen atoms in total. The van der Waals surface area contributed by atoms with Gasteiger partial charge in [-0.15, -0.1) is 0 Å². The summed E-state index contributed by atoms with van der Waals surface area (Å²) in [7, 11) is 1.60. The van der Waals surface area contributed by atoms with Crippen LogP contribution in [0.2, 0.25) is 5.02 Å². The van der Waals surface area contributed by atoms with Crippen LogP contribution < -0.4 is 10.1 Å². The second-order valence-corrected chi connectivity index (χ2v) is 5.67. The van der Waals surface area contributed by atoms with Crippen molar-refractivity contribution in [3.8, 4) is 17.0 Å². The molecule has 1 aromatic carbocycles. The molecule has 0 unspecified atom stereocenters. The molecule has 1 amide bonds. The van der Waals surface area contributed by atoms with Crippen LogP contribution in [0.3, 0.4) is 0 Å². The van der Waals surface area contributed by atoms with Crippen LogP contribution in [0.25, 0.3) is 11.3 Å². The Morgan fingerprint density at radius 1 is 1.12 bits per heavy atom. The van der Waals surface area contributed by atoms with Crippen molar-refractivity contribution in [1.29, 1.82) is 0 Å². The summed E-state index contributed by atoms with van der Waals surface area (Å²) in [6, 6.07) is 14.5. The van der Waals surface area contributed by atoms with E-state index in [1.54, 1.807) is 43.8 Å². The van der Waals surface area contributed by atoms with Gasteiger partial charge in [0.2, 0.25) is 0 Å². The van der Waals surface area contributed by atoms with E-state index in [4.69, 9.17) is 16.3 Å². The molecule has 0 bridgehead atoms. The molecule has 0 atom stereocenters. The number of methoxy groups -OCH3 is 1. The van der Waals surface area contributed by atoms with Crippen molar-refractivity contribution in [2.45, 2.75) is 6.54 Å². The first-order valence-electron chi connectivity index (χ1n) is 7.66. The van der Waals surface area contributed by atoms with Gasteiger partial charge in [-0.2, -0.15) is 0 Å². The predicted molar refractivity (Wildman–Crippen MR) is 96.6 cm³/mol. The van der Waals surface area contributed by atoms with Gasteiger partial charge in [0.05, 0.1) is 17.8 Å². The highest BCUT2D eigenvalue weighted by Crippen LogP contribution is 2.24. The van der Waals surface area contributed by atoms with Gasteiger partial charge >= 0.3 is 0 Å². The third kappa shape index (κ3) is 3.95. The number of hydrogen-bond acceptors (Lipinski definition) is 4. The minimum atomic E-state index is -0.260. The number of halogens is 1. The van der Waals surface area contributed by atoms with Crippen molar-refractivity contribution < 1.29 is 9.53 Å². The molecule has 25 heavy (non-hydrogen) atoms. The van der Waals surface area contributed by atoms with E-state index in [0.29, 0.717) is 23.0 Å². The number of amides is 1. The van der Waals surface area contributed by atoms with E-state index in [1.165, 1.54) is 0 Å². The number of benzene rings is 1. The van der Waals surface area contributed by atoms with Gasteiger partial charge in [-0.1, -0.05) is 29.8 Å². The Bertz CT molecular complexity index is 882.